The van der Waals surface area contributed by atoms with Crippen LogP contribution in [0.2, 0.25) is 0 Å². The Labute approximate surface area is 242 Å². The van der Waals surface area contributed by atoms with Gasteiger partial charge in [0, 0.05) is 0 Å². The molecule has 0 aliphatic heterocycles. The first-order valence-electron chi connectivity index (χ1n) is 13.8. The van der Waals surface area contributed by atoms with Gasteiger partial charge in [-0.3, -0.25) is 9.59 Å². The Bertz CT molecular complexity index is 665. The van der Waals surface area contributed by atoms with Crippen LogP contribution in [0.5, 0.6) is 0 Å². The summed E-state index contributed by atoms with van der Waals surface area (Å²) in [7, 11) is -5.01. The molecule has 0 radical (unpaired) electrons. The van der Waals surface area contributed by atoms with Crippen LogP contribution in [-0.4, -0.2) is 36.8 Å². The second-order valence-corrected chi connectivity index (χ2v) is 10.8. The molecule has 1 unspecified atom stereocenters. The summed E-state index contributed by atoms with van der Waals surface area (Å²) in [5, 5.41) is -2.07. The monoisotopic (exact) mass is 540 g/mol. The van der Waals surface area contributed by atoms with Crippen LogP contribution in [0, 0.1) is 0 Å². The Hall–Kier alpha value is -0.410. The summed E-state index contributed by atoms with van der Waals surface area (Å²) in [6, 6.07) is 0. The molecule has 206 valence electrons. The fourth-order valence-electron chi connectivity index (χ4n) is 3.82. The molecule has 0 aromatic rings. The molecule has 0 fully saturated rings. The number of hydrogen-bond donors (Lipinski definition) is 0. The van der Waals surface area contributed by atoms with Crippen LogP contribution in [0.1, 0.15) is 136 Å². The van der Waals surface area contributed by atoms with Gasteiger partial charge >= 0.3 is 41.5 Å². The molecule has 9 heteroatoms. The van der Waals surface area contributed by atoms with Crippen molar-refractivity contribution in [3.63, 3.8) is 0 Å². The van der Waals surface area contributed by atoms with E-state index >= 15 is 0 Å². The third-order valence-corrected chi connectivity index (χ3v) is 7.04. The molecule has 0 saturated heterocycles. The topological polar surface area (TPSA) is 110 Å². The van der Waals surface area contributed by atoms with Gasteiger partial charge in [-0.1, -0.05) is 117 Å². The number of allylic oxidation sites excluding steroid dienone is 1. The molecule has 0 heterocycles. The van der Waals surface area contributed by atoms with E-state index in [1.54, 1.807) is 6.08 Å². The number of carbonyl (C=O) groups excluding carboxylic acids is 2. The second kappa shape index (κ2) is 26.2. The van der Waals surface area contributed by atoms with Crippen molar-refractivity contribution in [2.75, 3.05) is 6.61 Å². The minimum Gasteiger partial charge on any atom is -0.747 e. The first-order chi connectivity index (χ1) is 16.8. The first-order valence-corrected chi connectivity index (χ1v) is 15.3. The Morgan fingerprint density at radius 2 is 1.17 bits per heavy atom. The van der Waals surface area contributed by atoms with E-state index < -0.39 is 33.7 Å². The maximum atomic E-state index is 12.0. The number of rotatable bonds is 24. The van der Waals surface area contributed by atoms with E-state index in [1.165, 1.54) is 83.5 Å². The van der Waals surface area contributed by atoms with Crippen LogP contribution in [0.3, 0.4) is 0 Å². The van der Waals surface area contributed by atoms with Crippen molar-refractivity contribution in [1.29, 1.82) is 0 Å². The van der Waals surface area contributed by atoms with Gasteiger partial charge in [-0.2, -0.15) is 0 Å². The molecule has 0 aromatic carbocycles. The van der Waals surface area contributed by atoms with Gasteiger partial charge in [-0.15, -0.1) is 0 Å². The number of ether oxygens (including phenoxy) is 2. The van der Waals surface area contributed by atoms with Crippen LogP contribution in [0.25, 0.3) is 0 Å². The van der Waals surface area contributed by atoms with Gasteiger partial charge < -0.3 is 14.0 Å². The minimum absolute atomic E-state index is 0. The maximum absolute atomic E-state index is 12.0. The van der Waals surface area contributed by atoms with Crippen LogP contribution >= 0.6 is 0 Å². The van der Waals surface area contributed by atoms with E-state index in [0.717, 1.165) is 25.5 Å². The van der Waals surface area contributed by atoms with Crippen molar-refractivity contribution >= 4 is 22.1 Å². The van der Waals surface area contributed by atoms with Crippen molar-refractivity contribution in [2.45, 2.75) is 141 Å². The molecule has 0 amide bonds. The van der Waals surface area contributed by atoms with E-state index in [1.807, 2.05) is 6.92 Å². The zero-order valence-corrected chi connectivity index (χ0v) is 26.0. The molecule has 0 aliphatic rings. The molecule has 0 N–H and O–H groups in total. The molecule has 1 atom stereocenters. The Morgan fingerprint density at radius 1 is 0.750 bits per heavy atom. The Kier molecular flexibility index (Phi) is 27.5. The molecule has 0 saturated carbocycles. The average Bonchev–Trinajstić information content (AvgIpc) is 2.81. The summed E-state index contributed by atoms with van der Waals surface area (Å²) in [6.45, 7) is 4.11. The smallest absolute Gasteiger partial charge is 0.747 e. The number of unbranched alkanes of at least 4 members (excludes halogenated alkanes) is 16. The zero-order chi connectivity index (χ0) is 26.2. The number of esters is 2. The molecule has 0 bridgehead atoms. The van der Waals surface area contributed by atoms with E-state index in [2.05, 4.69) is 11.7 Å². The molecule has 36 heavy (non-hydrogen) atoms. The number of carbonyl (C=O) groups is 2. The van der Waals surface area contributed by atoms with Crippen LogP contribution < -0.4 is 29.6 Å². The molecule has 0 aromatic heterocycles. The second-order valence-electron chi connectivity index (χ2n) is 9.28. The van der Waals surface area contributed by atoms with Crippen LogP contribution in [-0.2, 0) is 29.2 Å². The predicted octanol–water partition coefficient (Wildman–Crippen LogP) is 3.96. The van der Waals surface area contributed by atoms with Crippen LogP contribution in [0.4, 0.5) is 0 Å². The van der Waals surface area contributed by atoms with Crippen molar-refractivity contribution < 1.29 is 61.6 Å². The van der Waals surface area contributed by atoms with E-state index in [4.69, 9.17) is 4.74 Å². The standard InChI is InChI=1S/C27H50O7S.Na/c1-3-5-7-8-9-10-11-12-13-14-15-16-17-18-19-20-21-23-34-27(29)25(35(30,31)32)24-26(28)33-22-6-4-2;/h6,22,25H,3-5,7-21,23-24H2,1-2H3,(H,30,31,32);/q;+1/p-1/b22-6+;. The summed E-state index contributed by atoms with van der Waals surface area (Å²) in [6.07, 6.45) is 23.4. The normalized spacial score (nSPS) is 12.3. The fraction of sp³-hybridized carbons (Fsp3) is 0.852. The minimum atomic E-state index is -5.01. The molecular formula is C27H49NaO7S. The van der Waals surface area contributed by atoms with Crippen molar-refractivity contribution in [3.8, 4) is 0 Å². The summed E-state index contributed by atoms with van der Waals surface area (Å²) in [4.78, 5) is 23.6. The third-order valence-electron chi connectivity index (χ3n) is 5.99. The summed E-state index contributed by atoms with van der Waals surface area (Å²) >= 11 is 0. The van der Waals surface area contributed by atoms with Gasteiger partial charge in [0.2, 0.25) is 0 Å². The van der Waals surface area contributed by atoms with Gasteiger partial charge in [-0.05, 0) is 18.9 Å². The molecule has 0 aliphatic carbocycles. The van der Waals surface area contributed by atoms with Crippen molar-refractivity contribution in [3.05, 3.63) is 12.3 Å². The molecule has 7 nitrogen and oxygen atoms in total. The summed E-state index contributed by atoms with van der Waals surface area (Å²) < 4.78 is 43.7. The zero-order valence-electron chi connectivity index (χ0n) is 23.1. The average molecular weight is 541 g/mol. The largest absolute Gasteiger partial charge is 1.00 e. The van der Waals surface area contributed by atoms with Gasteiger partial charge in [0.05, 0.1) is 19.3 Å². The molecular weight excluding hydrogens is 491 g/mol. The quantitative estimate of drug-likeness (QED) is 0.0599. The predicted molar refractivity (Wildman–Crippen MR) is 139 cm³/mol. The Balaban J connectivity index is 0. The maximum Gasteiger partial charge on any atom is 1.00 e. The van der Waals surface area contributed by atoms with Gasteiger partial charge in [0.1, 0.15) is 10.1 Å². The summed E-state index contributed by atoms with van der Waals surface area (Å²) in [5.41, 5.74) is 0. The Morgan fingerprint density at radius 3 is 1.56 bits per heavy atom. The first kappa shape index (κ1) is 37.7. The van der Waals surface area contributed by atoms with Crippen molar-refractivity contribution in [2.24, 2.45) is 0 Å². The number of hydrogen-bond acceptors (Lipinski definition) is 7. The van der Waals surface area contributed by atoms with E-state index in [9.17, 15) is 22.6 Å². The SMILES string of the molecule is CC/C=C/OC(=O)CC(C(=O)OCCCCCCCCCCCCCCCCCCC)S(=O)(=O)[O-].[Na+]. The van der Waals surface area contributed by atoms with Crippen molar-refractivity contribution in [1.82, 2.24) is 0 Å². The summed E-state index contributed by atoms with van der Waals surface area (Å²) in [5.74, 6) is -2.15. The van der Waals surface area contributed by atoms with Crippen LogP contribution in [0.15, 0.2) is 12.3 Å². The van der Waals surface area contributed by atoms with E-state index in [-0.39, 0.29) is 36.2 Å². The fourth-order valence-corrected chi connectivity index (χ4v) is 4.46. The van der Waals surface area contributed by atoms with Gasteiger partial charge in [0.25, 0.3) is 0 Å². The van der Waals surface area contributed by atoms with Gasteiger partial charge in [-0.25, -0.2) is 8.42 Å². The third kappa shape index (κ3) is 24.0. The molecule has 0 spiro atoms. The van der Waals surface area contributed by atoms with Gasteiger partial charge in [0.15, 0.2) is 5.25 Å². The van der Waals surface area contributed by atoms with E-state index in [0.29, 0.717) is 12.8 Å². The molecule has 0 rings (SSSR count).